The molecule has 1 amide bonds. The molecule has 1 unspecified atom stereocenters. The Morgan fingerprint density at radius 3 is 2.89 bits per heavy atom. The third kappa shape index (κ3) is 4.24. The Balaban J connectivity index is 2.86. The number of anilines is 1. The molecule has 1 rings (SSSR count). The normalized spacial score (nSPS) is 11.7. The largest absolute Gasteiger partial charge is 0.388 e. The Morgan fingerprint density at radius 1 is 1.63 bits per heavy atom. The summed E-state index contributed by atoms with van der Waals surface area (Å²) in [4.78, 5) is 17.8. The van der Waals surface area contributed by atoms with Crippen molar-refractivity contribution in [2.75, 3.05) is 18.5 Å². The van der Waals surface area contributed by atoms with Gasteiger partial charge in [-0.1, -0.05) is 0 Å². The van der Waals surface area contributed by atoms with Gasteiger partial charge in [0.05, 0.1) is 5.84 Å². The molecule has 0 bridgehead atoms. The van der Waals surface area contributed by atoms with Gasteiger partial charge in [-0.2, -0.15) is 0 Å². The van der Waals surface area contributed by atoms with Crippen molar-refractivity contribution in [3.8, 4) is 0 Å². The molecule has 0 aliphatic rings. The van der Waals surface area contributed by atoms with Crippen molar-refractivity contribution in [2.24, 2.45) is 5.73 Å². The van der Waals surface area contributed by atoms with E-state index < -0.39 is 0 Å². The second kappa shape index (κ2) is 6.72. The van der Waals surface area contributed by atoms with Crippen molar-refractivity contribution in [3.05, 3.63) is 24.0 Å². The van der Waals surface area contributed by atoms with Gasteiger partial charge in [0.25, 0.3) is 5.91 Å². The molecule has 1 aromatic heterocycles. The van der Waals surface area contributed by atoms with Crippen LogP contribution < -0.4 is 16.0 Å². The molecule has 0 aliphatic carbocycles. The summed E-state index contributed by atoms with van der Waals surface area (Å²) in [7, 11) is 1.91. The van der Waals surface area contributed by atoms with E-state index in [0.717, 1.165) is 5.69 Å². The molecule has 1 aromatic rings. The maximum Gasteiger partial charge on any atom is 0.269 e. The van der Waals surface area contributed by atoms with Gasteiger partial charge in [-0.05, 0) is 26.0 Å². The molecule has 1 heterocycles. The smallest absolute Gasteiger partial charge is 0.269 e. The van der Waals surface area contributed by atoms with E-state index in [4.69, 9.17) is 11.1 Å². The van der Waals surface area contributed by atoms with Crippen LogP contribution in [0.1, 0.15) is 30.8 Å². The highest BCUT2D eigenvalue weighted by Crippen LogP contribution is 2.17. The number of carbonyl (C=O) groups excluding carboxylic acids is 1. The number of rotatable bonds is 6. The summed E-state index contributed by atoms with van der Waals surface area (Å²) in [6.45, 7) is 4.41. The number of amidine groups is 1. The van der Waals surface area contributed by atoms with Crippen LogP contribution >= 0.6 is 0 Å². The summed E-state index contributed by atoms with van der Waals surface area (Å²) in [5.74, 6) is -0.0330. The minimum Gasteiger partial charge on any atom is -0.388 e. The van der Waals surface area contributed by atoms with E-state index in [0.29, 0.717) is 18.7 Å². The lowest BCUT2D eigenvalue weighted by atomic mass is 10.1. The second-order valence-electron chi connectivity index (χ2n) is 4.45. The van der Waals surface area contributed by atoms with Gasteiger partial charge in [0.2, 0.25) is 0 Å². The fourth-order valence-electron chi connectivity index (χ4n) is 1.72. The first kappa shape index (κ1) is 14.9. The highest BCUT2D eigenvalue weighted by Gasteiger charge is 2.13. The van der Waals surface area contributed by atoms with Crippen molar-refractivity contribution >= 4 is 17.4 Å². The van der Waals surface area contributed by atoms with Crippen LogP contribution in [0.25, 0.3) is 0 Å². The monoisotopic (exact) mass is 263 g/mol. The van der Waals surface area contributed by atoms with E-state index in [1.807, 2.05) is 31.9 Å². The molecule has 0 aliphatic heterocycles. The highest BCUT2D eigenvalue weighted by molar-refractivity contribution is 5.93. The lowest BCUT2D eigenvalue weighted by Crippen LogP contribution is -2.33. The summed E-state index contributed by atoms with van der Waals surface area (Å²) in [5.41, 5.74) is 6.68. The van der Waals surface area contributed by atoms with Crippen LogP contribution in [-0.2, 0) is 0 Å². The minimum absolute atomic E-state index is 0.0852. The minimum atomic E-state index is -0.183. The molecule has 104 valence electrons. The van der Waals surface area contributed by atoms with Crippen LogP contribution in [0.2, 0.25) is 0 Å². The summed E-state index contributed by atoms with van der Waals surface area (Å²) in [6.07, 6.45) is 2.09. The van der Waals surface area contributed by atoms with E-state index in [-0.39, 0.29) is 17.8 Å². The van der Waals surface area contributed by atoms with E-state index in [1.165, 1.54) is 0 Å². The summed E-state index contributed by atoms with van der Waals surface area (Å²) >= 11 is 0. The standard InChI is InChI=1S/C13H21N5O/c1-4-16-13(19)11-8-10(5-6-17-11)18(3)9(2)7-12(14)15/h5-6,8-9H,4,7H2,1-3H3,(H3,14,15)(H,16,19). The Labute approximate surface area is 113 Å². The van der Waals surface area contributed by atoms with Crippen LogP contribution in [0.5, 0.6) is 0 Å². The molecular weight excluding hydrogens is 242 g/mol. The van der Waals surface area contributed by atoms with Crippen LogP contribution in [0.4, 0.5) is 5.69 Å². The van der Waals surface area contributed by atoms with Crippen molar-refractivity contribution in [3.63, 3.8) is 0 Å². The lowest BCUT2D eigenvalue weighted by molar-refractivity contribution is 0.0951. The van der Waals surface area contributed by atoms with E-state index >= 15 is 0 Å². The molecular formula is C13H21N5O. The lowest BCUT2D eigenvalue weighted by Gasteiger charge is -2.26. The first-order valence-electron chi connectivity index (χ1n) is 6.25. The van der Waals surface area contributed by atoms with Gasteiger partial charge in [0, 0.05) is 37.9 Å². The van der Waals surface area contributed by atoms with E-state index in [1.54, 1.807) is 12.3 Å². The Morgan fingerprint density at radius 2 is 2.32 bits per heavy atom. The first-order chi connectivity index (χ1) is 8.95. The predicted octanol–water partition coefficient (Wildman–Crippen LogP) is 0.982. The molecule has 0 spiro atoms. The van der Waals surface area contributed by atoms with Crippen LogP contribution in [0, 0.1) is 5.41 Å². The number of hydrogen-bond acceptors (Lipinski definition) is 4. The van der Waals surface area contributed by atoms with Gasteiger partial charge in [-0.15, -0.1) is 0 Å². The molecule has 0 fully saturated rings. The van der Waals surface area contributed by atoms with Crippen LogP contribution in [0.3, 0.4) is 0 Å². The maximum atomic E-state index is 11.7. The summed E-state index contributed by atoms with van der Waals surface area (Å²) in [6, 6.07) is 3.66. The van der Waals surface area contributed by atoms with Gasteiger partial charge < -0.3 is 16.0 Å². The Kier molecular flexibility index (Phi) is 5.29. The van der Waals surface area contributed by atoms with E-state index in [9.17, 15) is 4.79 Å². The number of hydrogen-bond donors (Lipinski definition) is 3. The molecule has 0 radical (unpaired) electrons. The summed E-state index contributed by atoms with van der Waals surface area (Å²) < 4.78 is 0. The average Bonchev–Trinajstić information content (AvgIpc) is 2.37. The Hall–Kier alpha value is -2.11. The summed E-state index contributed by atoms with van der Waals surface area (Å²) in [5, 5.41) is 10.0. The molecule has 1 atom stereocenters. The maximum absolute atomic E-state index is 11.7. The fraction of sp³-hybridized carbons (Fsp3) is 0.462. The predicted molar refractivity (Wildman–Crippen MR) is 76.6 cm³/mol. The van der Waals surface area contributed by atoms with Gasteiger partial charge in [0.15, 0.2) is 0 Å². The fourth-order valence-corrected chi connectivity index (χ4v) is 1.72. The van der Waals surface area contributed by atoms with Gasteiger partial charge >= 0.3 is 0 Å². The zero-order chi connectivity index (χ0) is 14.4. The molecule has 0 saturated heterocycles. The van der Waals surface area contributed by atoms with Crippen LogP contribution in [-0.4, -0.2) is 36.4 Å². The zero-order valence-corrected chi connectivity index (χ0v) is 11.6. The SMILES string of the molecule is CCNC(=O)c1cc(N(C)C(C)CC(=N)N)ccn1. The third-order valence-electron chi connectivity index (χ3n) is 2.90. The average molecular weight is 263 g/mol. The van der Waals surface area contributed by atoms with Gasteiger partial charge in [0.1, 0.15) is 5.69 Å². The molecule has 4 N–H and O–H groups in total. The Bertz CT molecular complexity index is 460. The molecule has 0 saturated carbocycles. The highest BCUT2D eigenvalue weighted by atomic mass is 16.1. The number of carbonyl (C=O) groups is 1. The molecule has 6 nitrogen and oxygen atoms in total. The molecule has 0 aromatic carbocycles. The third-order valence-corrected chi connectivity index (χ3v) is 2.90. The van der Waals surface area contributed by atoms with Gasteiger partial charge in [-0.3, -0.25) is 15.2 Å². The van der Waals surface area contributed by atoms with Crippen molar-refractivity contribution in [2.45, 2.75) is 26.3 Å². The van der Waals surface area contributed by atoms with Crippen molar-refractivity contribution in [1.82, 2.24) is 10.3 Å². The quantitative estimate of drug-likeness (QED) is 0.526. The number of pyridine rings is 1. The number of aromatic nitrogens is 1. The topological polar surface area (TPSA) is 95.1 Å². The number of amides is 1. The zero-order valence-electron chi connectivity index (χ0n) is 11.6. The van der Waals surface area contributed by atoms with Crippen LogP contribution in [0.15, 0.2) is 18.3 Å². The molecule has 19 heavy (non-hydrogen) atoms. The van der Waals surface area contributed by atoms with Crippen molar-refractivity contribution in [1.29, 1.82) is 5.41 Å². The van der Waals surface area contributed by atoms with Gasteiger partial charge in [-0.25, -0.2) is 0 Å². The van der Waals surface area contributed by atoms with E-state index in [2.05, 4.69) is 10.3 Å². The second-order valence-corrected chi connectivity index (χ2v) is 4.45. The number of nitrogens with zero attached hydrogens (tertiary/aromatic N) is 2. The number of nitrogens with one attached hydrogen (secondary N) is 2. The molecule has 6 heteroatoms. The first-order valence-corrected chi connectivity index (χ1v) is 6.25. The van der Waals surface area contributed by atoms with Crippen molar-refractivity contribution < 1.29 is 4.79 Å². The number of nitrogens with two attached hydrogens (primary N) is 1.